The van der Waals surface area contributed by atoms with E-state index in [9.17, 15) is 0 Å². The summed E-state index contributed by atoms with van der Waals surface area (Å²) in [5.74, 6) is 0.968. The molecule has 0 aliphatic carbocycles. The van der Waals surface area contributed by atoms with Crippen molar-refractivity contribution < 1.29 is 4.74 Å². The van der Waals surface area contributed by atoms with Crippen LogP contribution in [0.1, 0.15) is 37.4 Å². The van der Waals surface area contributed by atoms with Gasteiger partial charge in [0, 0.05) is 23.8 Å². The van der Waals surface area contributed by atoms with Crippen molar-refractivity contribution in [1.82, 2.24) is 9.55 Å². The Kier molecular flexibility index (Phi) is 6.11. The lowest BCUT2D eigenvalue weighted by Gasteiger charge is -2.10. The van der Waals surface area contributed by atoms with Gasteiger partial charge in [0.2, 0.25) is 0 Å². The zero-order valence-electron chi connectivity index (χ0n) is 11.9. The molecule has 1 heterocycles. The highest BCUT2D eigenvalue weighted by atomic mass is 127. The highest BCUT2D eigenvalue weighted by Gasteiger charge is 2.14. The van der Waals surface area contributed by atoms with Crippen LogP contribution < -0.4 is 0 Å². The molecule has 5 heteroatoms. The molecule has 1 unspecified atom stereocenters. The first-order valence-electron chi connectivity index (χ1n) is 6.92. The molecule has 0 spiro atoms. The van der Waals surface area contributed by atoms with Gasteiger partial charge in [0.05, 0.1) is 16.4 Å². The van der Waals surface area contributed by atoms with Crippen LogP contribution in [0.3, 0.4) is 0 Å². The average molecular weight is 407 g/mol. The second kappa shape index (κ2) is 7.61. The second-order valence-electron chi connectivity index (χ2n) is 4.92. The van der Waals surface area contributed by atoms with Gasteiger partial charge < -0.3 is 9.30 Å². The van der Waals surface area contributed by atoms with Crippen molar-refractivity contribution in [2.24, 2.45) is 0 Å². The molecular weight excluding hydrogens is 387 g/mol. The van der Waals surface area contributed by atoms with Crippen LogP contribution in [0, 0.1) is 3.57 Å². The summed E-state index contributed by atoms with van der Waals surface area (Å²) in [4.78, 5) is 4.69. The first kappa shape index (κ1) is 16.0. The van der Waals surface area contributed by atoms with Gasteiger partial charge in [-0.2, -0.15) is 0 Å². The molecule has 110 valence electrons. The summed E-state index contributed by atoms with van der Waals surface area (Å²) in [7, 11) is 1.75. The first-order valence-corrected chi connectivity index (χ1v) is 8.43. The SMILES string of the molecule is COCCCCCn1c(C(C)Cl)nc2cc(I)ccc21. The fraction of sp³-hybridized carbons (Fsp3) is 0.533. The summed E-state index contributed by atoms with van der Waals surface area (Å²) in [5, 5.41) is -0.0703. The number of nitrogens with zero attached hydrogens (tertiary/aromatic N) is 2. The lowest BCUT2D eigenvalue weighted by molar-refractivity contribution is 0.191. The van der Waals surface area contributed by atoms with E-state index in [0.29, 0.717) is 0 Å². The Labute approximate surface area is 138 Å². The quantitative estimate of drug-likeness (QED) is 0.377. The smallest absolute Gasteiger partial charge is 0.127 e. The van der Waals surface area contributed by atoms with Crippen molar-refractivity contribution in [2.75, 3.05) is 13.7 Å². The standard InChI is InChI=1S/C15H20ClIN2O/c1-11(16)15-18-13-10-12(17)6-7-14(13)19(15)8-4-3-5-9-20-2/h6-7,10-11H,3-5,8-9H2,1-2H3. The molecule has 1 aromatic heterocycles. The first-order chi connectivity index (χ1) is 9.63. The number of hydrogen-bond acceptors (Lipinski definition) is 2. The fourth-order valence-corrected chi connectivity index (χ4v) is 2.99. The van der Waals surface area contributed by atoms with Crippen molar-refractivity contribution in [3.8, 4) is 0 Å². The van der Waals surface area contributed by atoms with Crippen molar-refractivity contribution in [1.29, 1.82) is 0 Å². The summed E-state index contributed by atoms with van der Waals surface area (Å²) in [6.07, 6.45) is 3.39. The molecule has 0 saturated carbocycles. The Hall–Kier alpha value is -0.330. The number of aromatic nitrogens is 2. The molecule has 0 fully saturated rings. The Morgan fingerprint density at radius 3 is 2.85 bits per heavy atom. The molecule has 0 radical (unpaired) electrons. The van der Waals surface area contributed by atoms with E-state index in [1.165, 1.54) is 9.09 Å². The zero-order chi connectivity index (χ0) is 14.5. The van der Waals surface area contributed by atoms with E-state index in [4.69, 9.17) is 16.3 Å². The molecule has 2 aromatic rings. The van der Waals surface area contributed by atoms with Crippen LogP contribution in [0.4, 0.5) is 0 Å². The highest BCUT2D eigenvalue weighted by molar-refractivity contribution is 14.1. The van der Waals surface area contributed by atoms with Crippen LogP contribution >= 0.6 is 34.2 Å². The number of methoxy groups -OCH3 is 1. The third-order valence-electron chi connectivity index (χ3n) is 3.33. The number of imidazole rings is 1. The van der Waals surface area contributed by atoms with E-state index in [-0.39, 0.29) is 5.38 Å². The van der Waals surface area contributed by atoms with Gasteiger partial charge >= 0.3 is 0 Å². The summed E-state index contributed by atoms with van der Waals surface area (Å²) in [6.45, 7) is 3.78. The summed E-state index contributed by atoms with van der Waals surface area (Å²) < 4.78 is 8.55. The Bertz CT molecular complexity index is 568. The molecule has 0 amide bonds. The van der Waals surface area contributed by atoms with Crippen LogP contribution in [0.5, 0.6) is 0 Å². The third-order valence-corrected chi connectivity index (χ3v) is 4.19. The predicted molar refractivity (Wildman–Crippen MR) is 92.4 cm³/mol. The van der Waals surface area contributed by atoms with Crippen molar-refractivity contribution in [3.63, 3.8) is 0 Å². The summed E-state index contributed by atoms with van der Waals surface area (Å²) in [5.41, 5.74) is 2.22. The number of hydrogen-bond donors (Lipinski definition) is 0. The number of halogens is 2. The minimum Gasteiger partial charge on any atom is -0.385 e. The number of ether oxygens (including phenoxy) is 1. The minimum absolute atomic E-state index is 0.0703. The van der Waals surface area contributed by atoms with Gasteiger partial charge in [-0.15, -0.1) is 11.6 Å². The van der Waals surface area contributed by atoms with Crippen molar-refractivity contribution >= 4 is 45.2 Å². The number of benzene rings is 1. The molecule has 20 heavy (non-hydrogen) atoms. The normalized spacial score (nSPS) is 13.0. The van der Waals surface area contributed by atoms with Gasteiger partial charge in [-0.25, -0.2) is 4.98 Å². The number of rotatable bonds is 7. The highest BCUT2D eigenvalue weighted by Crippen LogP contribution is 2.26. The Balaban J connectivity index is 2.18. The van der Waals surface area contributed by atoms with Gasteiger partial charge in [-0.05, 0) is 67.0 Å². The molecule has 3 nitrogen and oxygen atoms in total. The monoisotopic (exact) mass is 406 g/mol. The van der Waals surface area contributed by atoms with Crippen LogP contribution in [0.15, 0.2) is 18.2 Å². The van der Waals surface area contributed by atoms with Gasteiger partial charge in [0.1, 0.15) is 5.82 Å². The average Bonchev–Trinajstić information content (AvgIpc) is 2.76. The molecule has 1 aromatic carbocycles. The maximum atomic E-state index is 6.28. The van der Waals surface area contributed by atoms with E-state index in [1.807, 2.05) is 6.92 Å². The van der Waals surface area contributed by atoms with Gasteiger partial charge in [-0.3, -0.25) is 0 Å². The zero-order valence-corrected chi connectivity index (χ0v) is 14.8. The van der Waals surface area contributed by atoms with Crippen molar-refractivity contribution in [3.05, 3.63) is 27.6 Å². The van der Waals surface area contributed by atoms with Crippen LogP contribution in [0.25, 0.3) is 11.0 Å². The predicted octanol–water partition coefficient (Wildman–Crippen LogP) is 4.76. The maximum Gasteiger partial charge on any atom is 0.127 e. The van der Waals surface area contributed by atoms with Crippen molar-refractivity contribution in [2.45, 2.75) is 38.1 Å². The van der Waals surface area contributed by atoms with Gasteiger partial charge in [0.15, 0.2) is 0 Å². The largest absolute Gasteiger partial charge is 0.385 e. The molecule has 0 N–H and O–H groups in total. The fourth-order valence-electron chi connectivity index (χ4n) is 2.35. The number of alkyl halides is 1. The second-order valence-corrected chi connectivity index (χ2v) is 6.82. The van der Waals surface area contributed by atoms with E-state index in [1.54, 1.807) is 7.11 Å². The van der Waals surface area contributed by atoms with E-state index in [0.717, 1.165) is 43.8 Å². The number of aryl methyl sites for hydroxylation is 1. The van der Waals surface area contributed by atoms with Gasteiger partial charge in [0.25, 0.3) is 0 Å². The number of fused-ring (bicyclic) bond motifs is 1. The molecule has 0 bridgehead atoms. The van der Waals surface area contributed by atoms with Crippen LogP contribution in [-0.2, 0) is 11.3 Å². The lowest BCUT2D eigenvalue weighted by Crippen LogP contribution is -2.05. The molecular formula is C15H20ClIN2O. The molecule has 0 aliphatic rings. The van der Waals surface area contributed by atoms with E-state index in [2.05, 4.69) is 50.3 Å². The summed E-state index contributed by atoms with van der Waals surface area (Å²) in [6, 6.07) is 6.37. The maximum absolute atomic E-state index is 6.28. The topological polar surface area (TPSA) is 27.1 Å². The van der Waals surface area contributed by atoms with Crippen LogP contribution in [-0.4, -0.2) is 23.3 Å². The minimum atomic E-state index is -0.0703. The van der Waals surface area contributed by atoms with E-state index < -0.39 is 0 Å². The van der Waals surface area contributed by atoms with Crippen LogP contribution in [0.2, 0.25) is 0 Å². The third kappa shape index (κ3) is 3.86. The molecule has 0 aliphatic heterocycles. The molecule has 0 saturated heterocycles. The Morgan fingerprint density at radius 2 is 2.15 bits per heavy atom. The summed E-state index contributed by atoms with van der Waals surface area (Å²) >= 11 is 8.59. The van der Waals surface area contributed by atoms with E-state index >= 15 is 0 Å². The Morgan fingerprint density at radius 1 is 1.35 bits per heavy atom. The molecule has 1 atom stereocenters. The number of unbranched alkanes of at least 4 members (excludes halogenated alkanes) is 2. The lowest BCUT2D eigenvalue weighted by atomic mass is 10.2. The molecule has 2 rings (SSSR count). The van der Waals surface area contributed by atoms with Gasteiger partial charge in [-0.1, -0.05) is 0 Å².